The Labute approximate surface area is 99.2 Å². The molecular formula is C12H15NO2S. The van der Waals surface area contributed by atoms with E-state index in [2.05, 4.69) is 18.3 Å². The zero-order valence-corrected chi connectivity index (χ0v) is 10.2. The van der Waals surface area contributed by atoms with E-state index in [-0.39, 0.29) is 6.04 Å². The molecule has 2 unspecified atom stereocenters. The fraction of sp³-hybridized carbons (Fsp3) is 0.417. The molecule has 1 heterocycles. The topological polar surface area (TPSA) is 49.3 Å². The van der Waals surface area contributed by atoms with Gasteiger partial charge in [0.25, 0.3) is 0 Å². The van der Waals surface area contributed by atoms with Crippen molar-refractivity contribution in [3.05, 3.63) is 23.8 Å². The van der Waals surface area contributed by atoms with Crippen molar-refractivity contribution >= 4 is 23.4 Å². The van der Waals surface area contributed by atoms with Crippen molar-refractivity contribution in [1.82, 2.24) is 0 Å². The SMILES string of the molecule is CCc1cccc2c1NC(C)C(C(=O)O)S2. The van der Waals surface area contributed by atoms with Gasteiger partial charge in [0.2, 0.25) is 0 Å². The molecule has 2 atom stereocenters. The Morgan fingerprint density at radius 1 is 1.56 bits per heavy atom. The minimum atomic E-state index is -0.752. The lowest BCUT2D eigenvalue weighted by atomic mass is 10.1. The van der Waals surface area contributed by atoms with E-state index in [0.717, 1.165) is 17.0 Å². The maximum Gasteiger partial charge on any atom is 0.319 e. The van der Waals surface area contributed by atoms with E-state index >= 15 is 0 Å². The molecule has 2 N–H and O–H groups in total. The quantitative estimate of drug-likeness (QED) is 0.830. The van der Waals surface area contributed by atoms with E-state index in [4.69, 9.17) is 5.11 Å². The number of benzene rings is 1. The van der Waals surface area contributed by atoms with Crippen molar-refractivity contribution in [1.29, 1.82) is 0 Å². The van der Waals surface area contributed by atoms with Gasteiger partial charge in [-0.05, 0) is 25.0 Å². The summed E-state index contributed by atoms with van der Waals surface area (Å²) >= 11 is 1.44. The van der Waals surface area contributed by atoms with Crippen molar-refractivity contribution in [2.75, 3.05) is 5.32 Å². The number of hydrogen-bond acceptors (Lipinski definition) is 3. The summed E-state index contributed by atoms with van der Waals surface area (Å²) in [4.78, 5) is 12.1. The number of carboxylic acid groups (broad SMARTS) is 1. The van der Waals surface area contributed by atoms with Gasteiger partial charge in [-0.15, -0.1) is 11.8 Å². The Kier molecular flexibility index (Phi) is 3.10. The highest BCUT2D eigenvalue weighted by Crippen LogP contribution is 2.39. The maximum atomic E-state index is 11.1. The summed E-state index contributed by atoms with van der Waals surface area (Å²) in [7, 11) is 0. The summed E-state index contributed by atoms with van der Waals surface area (Å²) in [5, 5.41) is 12.0. The molecule has 0 aromatic heterocycles. The van der Waals surface area contributed by atoms with Crippen LogP contribution in [0, 0.1) is 0 Å². The fourth-order valence-electron chi connectivity index (χ4n) is 1.94. The normalized spacial score (nSPS) is 23.4. The molecule has 16 heavy (non-hydrogen) atoms. The largest absolute Gasteiger partial charge is 0.480 e. The van der Waals surface area contributed by atoms with Gasteiger partial charge in [-0.3, -0.25) is 4.79 Å². The second-order valence-electron chi connectivity index (χ2n) is 3.95. The van der Waals surface area contributed by atoms with Gasteiger partial charge in [0.05, 0.1) is 5.69 Å². The van der Waals surface area contributed by atoms with Gasteiger partial charge in [-0.1, -0.05) is 19.1 Å². The summed E-state index contributed by atoms with van der Waals surface area (Å²) < 4.78 is 0. The zero-order valence-electron chi connectivity index (χ0n) is 9.36. The van der Waals surface area contributed by atoms with Crippen LogP contribution >= 0.6 is 11.8 Å². The molecule has 1 aliphatic heterocycles. The lowest BCUT2D eigenvalue weighted by Crippen LogP contribution is -2.37. The number of anilines is 1. The predicted octanol–water partition coefficient (Wildman–Crippen LogP) is 2.61. The van der Waals surface area contributed by atoms with Crippen molar-refractivity contribution in [3.8, 4) is 0 Å². The number of para-hydroxylation sites is 1. The van der Waals surface area contributed by atoms with Gasteiger partial charge >= 0.3 is 5.97 Å². The predicted molar refractivity (Wildman–Crippen MR) is 66.2 cm³/mol. The van der Waals surface area contributed by atoms with Crippen LogP contribution in [-0.4, -0.2) is 22.4 Å². The average molecular weight is 237 g/mol. The summed E-state index contributed by atoms with van der Waals surface area (Å²) in [6.45, 7) is 4.02. The molecule has 1 aromatic rings. The van der Waals surface area contributed by atoms with E-state index in [9.17, 15) is 4.79 Å². The van der Waals surface area contributed by atoms with Crippen molar-refractivity contribution in [2.24, 2.45) is 0 Å². The molecule has 0 saturated heterocycles. The van der Waals surface area contributed by atoms with Gasteiger partial charge in [-0.2, -0.15) is 0 Å². The standard InChI is InChI=1S/C12H15NO2S/c1-3-8-5-4-6-9-10(8)13-7(2)11(16-9)12(14)15/h4-7,11,13H,3H2,1-2H3,(H,14,15). The molecule has 0 fully saturated rings. The first-order chi connectivity index (χ1) is 7.63. The van der Waals surface area contributed by atoms with Crippen LogP contribution < -0.4 is 5.32 Å². The minimum absolute atomic E-state index is 0.0392. The molecule has 0 bridgehead atoms. The van der Waals surface area contributed by atoms with Crippen LogP contribution in [0.25, 0.3) is 0 Å². The highest BCUT2D eigenvalue weighted by molar-refractivity contribution is 8.00. The van der Waals surface area contributed by atoms with Crippen molar-refractivity contribution < 1.29 is 9.90 Å². The van der Waals surface area contributed by atoms with E-state index in [1.807, 2.05) is 19.1 Å². The third-order valence-electron chi connectivity index (χ3n) is 2.82. The molecule has 0 spiro atoms. The number of hydrogen-bond donors (Lipinski definition) is 2. The summed E-state index contributed by atoms with van der Waals surface area (Å²) in [5.74, 6) is -0.752. The molecular weight excluding hydrogens is 222 g/mol. The molecule has 0 saturated carbocycles. The lowest BCUT2D eigenvalue weighted by molar-refractivity contribution is -0.136. The van der Waals surface area contributed by atoms with Crippen LogP contribution in [0.1, 0.15) is 19.4 Å². The second kappa shape index (κ2) is 4.37. The van der Waals surface area contributed by atoms with Crippen molar-refractivity contribution in [3.63, 3.8) is 0 Å². The second-order valence-corrected chi connectivity index (χ2v) is 5.14. The molecule has 1 aromatic carbocycles. The van der Waals surface area contributed by atoms with Crippen LogP contribution in [-0.2, 0) is 11.2 Å². The summed E-state index contributed by atoms with van der Waals surface area (Å²) in [6.07, 6.45) is 0.960. The zero-order chi connectivity index (χ0) is 11.7. The average Bonchev–Trinajstić information content (AvgIpc) is 2.27. The van der Waals surface area contributed by atoms with Gasteiger partial charge in [0.15, 0.2) is 0 Å². The van der Waals surface area contributed by atoms with E-state index < -0.39 is 11.2 Å². The highest BCUT2D eigenvalue weighted by Gasteiger charge is 2.31. The monoisotopic (exact) mass is 237 g/mol. The van der Waals surface area contributed by atoms with Crippen LogP contribution in [0.4, 0.5) is 5.69 Å². The van der Waals surface area contributed by atoms with Gasteiger partial charge < -0.3 is 10.4 Å². The van der Waals surface area contributed by atoms with Gasteiger partial charge in [-0.25, -0.2) is 0 Å². The number of fused-ring (bicyclic) bond motifs is 1. The Bertz CT molecular complexity index is 419. The van der Waals surface area contributed by atoms with E-state index in [0.29, 0.717) is 0 Å². The third-order valence-corrected chi connectivity index (χ3v) is 4.27. The maximum absolute atomic E-state index is 11.1. The number of thioether (sulfide) groups is 1. The third kappa shape index (κ3) is 1.89. The molecule has 4 heteroatoms. The van der Waals surface area contributed by atoms with Gasteiger partial charge in [0.1, 0.15) is 5.25 Å². The van der Waals surface area contributed by atoms with Crippen LogP contribution in [0.5, 0.6) is 0 Å². The van der Waals surface area contributed by atoms with Gasteiger partial charge in [0, 0.05) is 10.9 Å². The summed E-state index contributed by atoms with van der Waals surface area (Å²) in [6, 6.07) is 6.01. The Morgan fingerprint density at radius 3 is 2.94 bits per heavy atom. The fourth-order valence-corrected chi connectivity index (χ4v) is 3.05. The lowest BCUT2D eigenvalue weighted by Gasteiger charge is -2.30. The number of carbonyl (C=O) groups is 1. The molecule has 2 rings (SSSR count). The molecule has 3 nitrogen and oxygen atoms in total. The van der Waals surface area contributed by atoms with Crippen molar-refractivity contribution in [2.45, 2.75) is 36.5 Å². The number of nitrogens with one attached hydrogen (secondary N) is 1. The Hall–Kier alpha value is -1.16. The number of carboxylic acids is 1. The van der Waals surface area contributed by atoms with Crippen LogP contribution in [0.15, 0.2) is 23.1 Å². The first-order valence-corrected chi connectivity index (χ1v) is 6.29. The first kappa shape index (κ1) is 11.3. The number of rotatable bonds is 2. The van der Waals surface area contributed by atoms with E-state index in [1.165, 1.54) is 17.3 Å². The number of aliphatic carboxylic acids is 1. The smallest absolute Gasteiger partial charge is 0.319 e. The molecule has 0 aliphatic carbocycles. The van der Waals surface area contributed by atoms with Crippen LogP contribution in [0.2, 0.25) is 0 Å². The highest BCUT2D eigenvalue weighted by atomic mass is 32.2. The first-order valence-electron chi connectivity index (χ1n) is 5.41. The molecule has 1 aliphatic rings. The Balaban J connectivity index is 2.38. The molecule has 0 radical (unpaired) electrons. The van der Waals surface area contributed by atoms with E-state index in [1.54, 1.807) is 0 Å². The van der Waals surface area contributed by atoms with Crippen LogP contribution in [0.3, 0.4) is 0 Å². The minimum Gasteiger partial charge on any atom is -0.480 e. The molecule has 86 valence electrons. The Morgan fingerprint density at radius 2 is 2.31 bits per heavy atom. The number of aryl methyl sites for hydroxylation is 1. The molecule has 0 amide bonds. The summed E-state index contributed by atoms with van der Waals surface area (Å²) in [5.41, 5.74) is 2.36.